The molecule has 1 fully saturated rings. The lowest BCUT2D eigenvalue weighted by Crippen LogP contribution is -2.38. The highest BCUT2D eigenvalue weighted by atomic mass is 16.3. The number of hydrogen-bond donors (Lipinski definition) is 1. The van der Waals surface area contributed by atoms with Crippen LogP contribution >= 0.6 is 0 Å². The molecule has 1 aliphatic rings. The molecular formula is C10H15N3O3. The number of amides is 1. The van der Waals surface area contributed by atoms with Gasteiger partial charge in [-0.05, 0) is 14.1 Å². The minimum atomic E-state index is -0.512. The van der Waals surface area contributed by atoms with E-state index in [0.29, 0.717) is 13.1 Å². The van der Waals surface area contributed by atoms with Gasteiger partial charge in [-0.25, -0.2) is 4.98 Å². The van der Waals surface area contributed by atoms with Crippen LogP contribution < -0.4 is 0 Å². The Bertz CT molecular complexity index is 363. The largest absolute Gasteiger partial charge is 0.438 e. The third-order valence-corrected chi connectivity index (χ3v) is 2.85. The third kappa shape index (κ3) is 1.94. The van der Waals surface area contributed by atoms with Gasteiger partial charge in [-0.3, -0.25) is 4.79 Å². The summed E-state index contributed by atoms with van der Waals surface area (Å²) in [5.74, 6) is -0.00694. The average molecular weight is 225 g/mol. The van der Waals surface area contributed by atoms with Crippen LogP contribution in [0.2, 0.25) is 0 Å². The summed E-state index contributed by atoms with van der Waals surface area (Å²) in [7, 11) is 3.77. The van der Waals surface area contributed by atoms with Gasteiger partial charge in [0.1, 0.15) is 0 Å². The minimum Gasteiger partial charge on any atom is -0.438 e. The van der Waals surface area contributed by atoms with E-state index in [-0.39, 0.29) is 17.7 Å². The van der Waals surface area contributed by atoms with Crippen LogP contribution in [0.1, 0.15) is 10.6 Å². The maximum atomic E-state index is 11.9. The molecule has 1 saturated heterocycles. The number of oxazole rings is 1. The van der Waals surface area contributed by atoms with Crippen LogP contribution in [0.5, 0.6) is 0 Å². The van der Waals surface area contributed by atoms with Crippen molar-refractivity contribution in [1.82, 2.24) is 14.8 Å². The monoisotopic (exact) mass is 225 g/mol. The zero-order chi connectivity index (χ0) is 11.7. The number of aromatic nitrogens is 1. The molecule has 0 radical (unpaired) electrons. The lowest BCUT2D eigenvalue weighted by molar-refractivity contribution is 0.0733. The molecular weight excluding hydrogens is 210 g/mol. The fraction of sp³-hybridized carbons (Fsp3) is 0.600. The summed E-state index contributed by atoms with van der Waals surface area (Å²) in [5.41, 5.74) is 0. The number of rotatable bonds is 2. The Kier molecular flexibility index (Phi) is 2.93. The number of aliphatic hydroxyl groups excluding tert-OH is 1. The molecule has 6 nitrogen and oxygen atoms in total. The van der Waals surface area contributed by atoms with Gasteiger partial charge in [0.2, 0.25) is 5.76 Å². The van der Waals surface area contributed by atoms with Gasteiger partial charge in [0.25, 0.3) is 5.91 Å². The van der Waals surface area contributed by atoms with Crippen molar-refractivity contribution in [3.8, 4) is 0 Å². The molecule has 16 heavy (non-hydrogen) atoms. The Morgan fingerprint density at radius 2 is 2.38 bits per heavy atom. The first-order valence-corrected chi connectivity index (χ1v) is 5.12. The number of nitrogens with zero attached hydrogens (tertiary/aromatic N) is 3. The molecule has 88 valence electrons. The van der Waals surface area contributed by atoms with E-state index in [0.717, 1.165) is 0 Å². The maximum absolute atomic E-state index is 11.9. The van der Waals surface area contributed by atoms with Gasteiger partial charge >= 0.3 is 0 Å². The summed E-state index contributed by atoms with van der Waals surface area (Å²) in [4.78, 5) is 19.1. The first-order valence-electron chi connectivity index (χ1n) is 5.12. The minimum absolute atomic E-state index is 0.0214. The smallest absolute Gasteiger partial charge is 0.291 e. The topological polar surface area (TPSA) is 69.8 Å². The molecule has 1 N–H and O–H groups in total. The fourth-order valence-corrected chi connectivity index (χ4v) is 1.92. The van der Waals surface area contributed by atoms with Crippen molar-refractivity contribution in [1.29, 1.82) is 0 Å². The number of likely N-dealkylation sites (N-methyl/N-ethyl adjacent to an activating group) is 1. The summed E-state index contributed by atoms with van der Waals surface area (Å²) in [6.07, 6.45) is 2.10. The molecule has 0 bridgehead atoms. The van der Waals surface area contributed by atoms with Gasteiger partial charge in [-0.2, -0.15) is 0 Å². The van der Waals surface area contributed by atoms with Crippen molar-refractivity contribution < 1.29 is 14.3 Å². The lowest BCUT2D eigenvalue weighted by Gasteiger charge is -2.21. The highest BCUT2D eigenvalue weighted by Crippen LogP contribution is 2.16. The fourth-order valence-electron chi connectivity index (χ4n) is 1.92. The van der Waals surface area contributed by atoms with E-state index in [4.69, 9.17) is 4.42 Å². The van der Waals surface area contributed by atoms with Crippen molar-refractivity contribution in [2.45, 2.75) is 12.1 Å². The molecule has 1 aromatic rings. The summed E-state index contributed by atoms with van der Waals surface area (Å²) in [5, 5.41) is 9.79. The predicted molar refractivity (Wildman–Crippen MR) is 55.9 cm³/mol. The molecule has 2 atom stereocenters. The van der Waals surface area contributed by atoms with Crippen LogP contribution in [0.3, 0.4) is 0 Å². The summed E-state index contributed by atoms with van der Waals surface area (Å²) >= 11 is 0. The van der Waals surface area contributed by atoms with E-state index in [9.17, 15) is 9.90 Å². The number of likely N-dealkylation sites (tertiary alicyclic amines) is 1. The van der Waals surface area contributed by atoms with Gasteiger partial charge in [0.05, 0.1) is 18.3 Å². The summed E-state index contributed by atoms with van der Waals surface area (Å²) in [6.45, 7) is 0.843. The zero-order valence-corrected chi connectivity index (χ0v) is 9.33. The Balaban J connectivity index is 2.06. The zero-order valence-electron chi connectivity index (χ0n) is 9.33. The second-order valence-electron chi connectivity index (χ2n) is 4.17. The Hall–Kier alpha value is -1.40. The third-order valence-electron chi connectivity index (χ3n) is 2.85. The van der Waals surface area contributed by atoms with E-state index < -0.39 is 6.10 Å². The van der Waals surface area contributed by atoms with E-state index in [1.54, 1.807) is 4.90 Å². The Labute approximate surface area is 93.5 Å². The van der Waals surface area contributed by atoms with Crippen molar-refractivity contribution in [2.75, 3.05) is 27.2 Å². The van der Waals surface area contributed by atoms with E-state index >= 15 is 0 Å². The quantitative estimate of drug-likeness (QED) is 0.729. The van der Waals surface area contributed by atoms with E-state index in [1.807, 2.05) is 19.0 Å². The summed E-state index contributed by atoms with van der Waals surface area (Å²) in [6, 6.07) is -0.0214. The molecule has 0 aliphatic carbocycles. The highest BCUT2D eigenvalue weighted by Gasteiger charge is 2.36. The molecule has 6 heteroatoms. The Morgan fingerprint density at radius 3 is 2.88 bits per heavy atom. The van der Waals surface area contributed by atoms with Crippen molar-refractivity contribution in [2.24, 2.45) is 0 Å². The molecule has 1 amide bonds. The van der Waals surface area contributed by atoms with Gasteiger partial charge in [-0.15, -0.1) is 0 Å². The van der Waals surface area contributed by atoms with Crippen molar-refractivity contribution in [3.63, 3.8) is 0 Å². The second kappa shape index (κ2) is 4.23. The molecule has 2 heterocycles. The van der Waals surface area contributed by atoms with Crippen LogP contribution in [0.25, 0.3) is 0 Å². The second-order valence-corrected chi connectivity index (χ2v) is 4.17. The molecule has 0 saturated carbocycles. The first-order chi connectivity index (χ1) is 7.59. The van der Waals surface area contributed by atoms with Crippen LogP contribution in [0.4, 0.5) is 0 Å². The van der Waals surface area contributed by atoms with Crippen LogP contribution in [0.15, 0.2) is 17.0 Å². The first kappa shape index (κ1) is 11.1. The Morgan fingerprint density at radius 1 is 1.62 bits per heavy atom. The van der Waals surface area contributed by atoms with Crippen LogP contribution in [0, 0.1) is 0 Å². The van der Waals surface area contributed by atoms with Gasteiger partial charge in [-0.1, -0.05) is 0 Å². The van der Waals surface area contributed by atoms with Crippen LogP contribution in [-0.2, 0) is 0 Å². The molecule has 2 rings (SSSR count). The molecule has 0 spiro atoms. The number of carbonyl (C=O) groups is 1. The molecule has 1 aliphatic heterocycles. The highest BCUT2D eigenvalue weighted by molar-refractivity contribution is 5.91. The van der Waals surface area contributed by atoms with Crippen LogP contribution in [-0.4, -0.2) is 65.1 Å². The number of β-amino-alcohol motifs (C(OH)–C–C–N with tert-alkyl or cyclic N) is 1. The van der Waals surface area contributed by atoms with Gasteiger partial charge < -0.3 is 19.3 Å². The predicted octanol–water partition coefficient (Wildman–Crippen LogP) is -0.579. The van der Waals surface area contributed by atoms with Crippen molar-refractivity contribution in [3.05, 3.63) is 18.4 Å². The molecule has 0 unspecified atom stereocenters. The standard InChI is InChI=1S/C10H15N3O3/c1-12(2)7-4-13(5-8(7)14)10(15)9-3-11-6-16-9/h3,6-8,14H,4-5H2,1-2H3/t7-,8-/m1/s1. The molecule has 0 aromatic carbocycles. The number of hydrogen-bond acceptors (Lipinski definition) is 5. The summed E-state index contributed by atoms with van der Waals surface area (Å²) < 4.78 is 4.94. The lowest BCUT2D eigenvalue weighted by atomic mass is 10.2. The van der Waals surface area contributed by atoms with E-state index in [2.05, 4.69) is 4.98 Å². The van der Waals surface area contributed by atoms with Crippen molar-refractivity contribution >= 4 is 5.91 Å². The normalized spacial score (nSPS) is 25.4. The average Bonchev–Trinajstić information content (AvgIpc) is 2.84. The number of carbonyl (C=O) groups excluding carboxylic acids is 1. The van der Waals surface area contributed by atoms with Gasteiger partial charge in [0, 0.05) is 13.1 Å². The maximum Gasteiger partial charge on any atom is 0.291 e. The SMILES string of the molecule is CN(C)[C@@H]1CN(C(=O)c2cnco2)C[C@H]1O. The number of aliphatic hydroxyl groups is 1. The molecule has 1 aromatic heterocycles. The van der Waals surface area contributed by atoms with E-state index in [1.165, 1.54) is 12.6 Å². The van der Waals surface area contributed by atoms with Gasteiger partial charge in [0.15, 0.2) is 6.39 Å².